The van der Waals surface area contributed by atoms with Gasteiger partial charge in [0, 0.05) is 37.0 Å². The molecule has 2 amide bonds. The third-order valence-electron chi connectivity index (χ3n) is 5.53. The molecule has 0 aromatic carbocycles. The number of hydrogen-bond donors (Lipinski definition) is 3. The zero-order valence-corrected chi connectivity index (χ0v) is 13.7. The van der Waals surface area contributed by atoms with Crippen molar-refractivity contribution >= 4 is 11.8 Å². The van der Waals surface area contributed by atoms with Gasteiger partial charge in [-0.05, 0) is 43.9 Å². The van der Waals surface area contributed by atoms with Gasteiger partial charge in [0.1, 0.15) is 5.76 Å². The van der Waals surface area contributed by atoms with Gasteiger partial charge in [0.2, 0.25) is 5.91 Å². The second kappa shape index (κ2) is 5.88. The van der Waals surface area contributed by atoms with Gasteiger partial charge in [-0.25, -0.2) is 0 Å². The molecule has 4 rings (SSSR count). The van der Waals surface area contributed by atoms with Crippen LogP contribution in [0, 0.1) is 5.41 Å². The van der Waals surface area contributed by atoms with Crippen molar-refractivity contribution in [3.05, 3.63) is 17.5 Å². The first-order valence-corrected chi connectivity index (χ1v) is 8.84. The van der Waals surface area contributed by atoms with Crippen molar-refractivity contribution in [1.29, 1.82) is 0 Å². The fraction of sp³-hybridized carbons (Fsp3) is 0.706. The van der Waals surface area contributed by atoms with Crippen LogP contribution in [0.2, 0.25) is 0 Å². The van der Waals surface area contributed by atoms with E-state index in [-0.39, 0.29) is 23.9 Å². The van der Waals surface area contributed by atoms with Crippen LogP contribution in [0.1, 0.15) is 67.1 Å². The van der Waals surface area contributed by atoms with E-state index in [4.69, 9.17) is 10.3 Å². The highest BCUT2D eigenvalue weighted by molar-refractivity contribution is 5.92. The Bertz CT molecular complexity index is 638. The van der Waals surface area contributed by atoms with Crippen LogP contribution in [-0.4, -0.2) is 35.6 Å². The Kier molecular flexibility index (Phi) is 3.83. The zero-order valence-electron chi connectivity index (χ0n) is 13.7. The summed E-state index contributed by atoms with van der Waals surface area (Å²) in [6.07, 6.45) is 6.62. The van der Waals surface area contributed by atoms with Gasteiger partial charge < -0.3 is 20.9 Å². The van der Waals surface area contributed by atoms with E-state index >= 15 is 0 Å². The van der Waals surface area contributed by atoms with Crippen molar-refractivity contribution < 1.29 is 14.1 Å². The summed E-state index contributed by atoms with van der Waals surface area (Å²) in [6, 6.07) is 2.25. The van der Waals surface area contributed by atoms with Crippen LogP contribution in [0.15, 0.2) is 10.6 Å². The van der Waals surface area contributed by atoms with E-state index in [0.717, 1.165) is 44.3 Å². The number of hydrogen-bond acceptors (Lipinski definition) is 5. The lowest BCUT2D eigenvalue weighted by Gasteiger charge is -2.57. The molecule has 0 atom stereocenters. The van der Waals surface area contributed by atoms with Crippen LogP contribution < -0.4 is 16.4 Å². The largest absolute Gasteiger partial charge is 0.360 e. The molecule has 0 bridgehead atoms. The molecule has 0 unspecified atom stereocenters. The fourth-order valence-corrected chi connectivity index (χ4v) is 4.16. The second-order valence-corrected chi connectivity index (χ2v) is 7.68. The molecule has 0 saturated heterocycles. The molecule has 0 aliphatic heterocycles. The highest BCUT2D eigenvalue weighted by atomic mass is 16.5. The smallest absolute Gasteiger partial charge is 0.273 e. The first-order valence-electron chi connectivity index (χ1n) is 8.84. The van der Waals surface area contributed by atoms with Crippen molar-refractivity contribution in [2.24, 2.45) is 11.1 Å². The summed E-state index contributed by atoms with van der Waals surface area (Å²) >= 11 is 0. The third-order valence-corrected chi connectivity index (χ3v) is 5.53. The van der Waals surface area contributed by atoms with Gasteiger partial charge in [0.05, 0.1) is 0 Å². The van der Waals surface area contributed by atoms with E-state index in [9.17, 15) is 9.59 Å². The molecule has 0 radical (unpaired) electrons. The summed E-state index contributed by atoms with van der Waals surface area (Å²) in [5.74, 6) is 1.20. The SMILES string of the molecule is NCCC(=O)NC1CC2(C1)CC(NC(=O)c1cc(C3CC3)on1)C2. The lowest BCUT2D eigenvalue weighted by molar-refractivity contribution is -0.124. The van der Waals surface area contributed by atoms with Gasteiger partial charge in [-0.3, -0.25) is 9.59 Å². The third kappa shape index (κ3) is 3.05. The summed E-state index contributed by atoms with van der Waals surface area (Å²) < 4.78 is 5.23. The Hall–Kier alpha value is -1.89. The van der Waals surface area contributed by atoms with Gasteiger partial charge in [-0.2, -0.15) is 0 Å². The molecule has 3 aliphatic carbocycles. The average Bonchev–Trinajstić information content (AvgIpc) is 3.20. The van der Waals surface area contributed by atoms with Crippen molar-refractivity contribution in [3.8, 4) is 0 Å². The molecular weight excluding hydrogens is 308 g/mol. The van der Waals surface area contributed by atoms with Crippen LogP contribution in [-0.2, 0) is 4.79 Å². The molecule has 1 heterocycles. The topological polar surface area (TPSA) is 110 Å². The molecule has 24 heavy (non-hydrogen) atoms. The van der Waals surface area contributed by atoms with Crippen molar-refractivity contribution in [1.82, 2.24) is 15.8 Å². The Labute approximate surface area is 140 Å². The van der Waals surface area contributed by atoms with E-state index in [2.05, 4.69) is 15.8 Å². The molecule has 1 spiro atoms. The molecule has 3 aliphatic rings. The van der Waals surface area contributed by atoms with Gasteiger partial charge in [-0.1, -0.05) is 5.16 Å². The highest BCUT2D eigenvalue weighted by Gasteiger charge is 2.53. The fourth-order valence-electron chi connectivity index (χ4n) is 4.16. The normalized spacial score (nSPS) is 31.2. The molecular formula is C17H24N4O3. The quantitative estimate of drug-likeness (QED) is 0.721. The van der Waals surface area contributed by atoms with Gasteiger partial charge in [0.25, 0.3) is 5.91 Å². The van der Waals surface area contributed by atoms with Crippen LogP contribution in [0.5, 0.6) is 0 Å². The molecule has 3 saturated carbocycles. The summed E-state index contributed by atoms with van der Waals surface area (Å²) in [4.78, 5) is 23.7. The highest BCUT2D eigenvalue weighted by Crippen LogP contribution is 2.55. The Balaban J connectivity index is 1.19. The van der Waals surface area contributed by atoms with Gasteiger partial charge in [-0.15, -0.1) is 0 Å². The van der Waals surface area contributed by atoms with E-state index in [1.165, 1.54) is 0 Å². The maximum absolute atomic E-state index is 12.2. The Morgan fingerprint density at radius 2 is 1.88 bits per heavy atom. The molecule has 4 N–H and O–H groups in total. The first-order chi connectivity index (χ1) is 11.6. The Morgan fingerprint density at radius 3 is 2.50 bits per heavy atom. The van der Waals surface area contributed by atoms with E-state index in [0.29, 0.717) is 30.0 Å². The predicted molar refractivity (Wildman–Crippen MR) is 86.2 cm³/mol. The average molecular weight is 332 g/mol. The summed E-state index contributed by atoms with van der Waals surface area (Å²) in [6.45, 7) is 0.391. The molecule has 3 fully saturated rings. The number of rotatable bonds is 6. The van der Waals surface area contributed by atoms with Crippen LogP contribution >= 0.6 is 0 Å². The number of aromatic nitrogens is 1. The van der Waals surface area contributed by atoms with Crippen LogP contribution in [0.4, 0.5) is 0 Å². The van der Waals surface area contributed by atoms with E-state index < -0.39 is 0 Å². The van der Waals surface area contributed by atoms with Crippen molar-refractivity contribution in [2.75, 3.05) is 6.54 Å². The van der Waals surface area contributed by atoms with Crippen molar-refractivity contribution in [2.45, 2.75) is 62.9 Å². The standard InChI is InChI=1S/C17H24N4O3/c18-4-3-15(22)19-11-6-17(7-11)8-12(9-17)20-16(23)13-5-14(24-21-13)10-1-2-10/h5,10-12H,1-4,6-9,18H2,(H,19,22)(H,20,23). The minimum atomic E-state index is -0.141. The minimum Gasteiger partial charge on any atom is -0.360 e. The molecule has 1 aromatic heterocycles. The van der Waals surface area contributed by atoms with Gasteiger partial charge >= 0.3 is 0 Å². The maximum atomic E-state index is 12.2. The molecule has 130 valence electrons. The number of carbonyl (C=O) groups is 2. The maximum Gasteiger partial charge on any atom is 0.273 e. The summed E-state index contributed by atoms with van der Waals surface area (Å²) in [5.41, 5.74) is 6.07. The second-order valence-electron chi connectivity index (χ2n) is 7.68. The number of amides is 2. The summed E-state index contributed by atoms with van der Waals surface area (Å²) in [7, 11) is 0. The first kappa shape index (κ1) is 15.6. The van der Waals surface area contributed by atoms with E-state index in [1.807, 2.05) is 0 Å². The van der Waals surface area contributed by atoms with Crippen LogP contribution in [0.3, 0.4) is 0 Å². The lowest BCUT2D eigenvalue weighted by Crippen LogP contribution is -2.61. The van der Waals surface area contributed by atoms with Gasteiger partial charge in [0.15, 0.2) is 5.69 Å². The molecule has 1 aromatic rings. The number of nitrogens with zero attached hydrogens (tertiary/aromatic N) is 1. The van der Waals surface area contributed by atoms with Crippen molar-refractivity contribution in [3.63, 3.8) is 0 Å². The number of carbonyl (C=O) groups excluding carboxylic acids is 2. The summed E-state index contributed by atoms with van der Waals surface area (Å²) in [5, 5.41) is 9.93. The Morgan fingerprint density at radius 1 is 1.21 bits per heavy atom. The van der Waals surface area contributed by atoms with Crippen LogP contribution in [0.25, 0.3) is 0 Å². The van der Waals surface area contributed by atoms with E-state index in [1.54, 1.807) is 6.07 Å². The monoisotopic (exact) mass is 332 g/mol. The predicted octanol–water partition coefficient (Wildman–Crippen LogP) is 1.06. The zero-order chi connectivity index (χ0) is 16.7. The lowest BCUT2D eigenvalue weighted by atomic mass is 9.52. The number of nitrogens with two attached hydrogens (primary N) is 1. The molecule has 7 heteroatoms. The minimum absolute atomic E-state index is 0.0408. The molecule has 7 nitrogen and oxygen atoms in total. The number of nitrogens with one attached hydrogen (secondary N) is 2.